The molecule has 0 aliphatic heterocycles. The fraction of sp³-hybridized carbons (Fsp3) is 0.538. The number of hydrogen-bond acceptors (Lipinski definition) is 1. The Hall–Kier alpha value is -1.03. The molecule has 0 aromatic heterocycles. The van der Waals surface area contributed by atoms with Crippen LogP contribution in [-0.2, 0) is 12.6 Å². The summed E-state index contributed by atoms with van der Waals surface area (Å²) in [7, 11) is 0. The topological polar surface area (TPSA) is 20.2 Å². The monoisotopic (exact) mass is 244 g/mol. The van der Waals surface area contributed by atoms with Gasteiger partial charge in [0, 0.05) is 0 Å². The summed E-state index contributed by atoms with van der Waals surface area (Å²) in [4.78, 5) is 0. The molecule has 0 radical (unpaired) electrons. The normalized spacial score (nSPS) is 18.8. The SMILES string of the molecule is OC(Cc1cccc(C(F)(F)F)c1)C1CCC1. The number of hydrogen-bond donors (Lipinski definition) is 1. The molecule has 1 atom stereocenters. The maximum atomic E-state index is 12.5. The zero-order valence-corrected chi connectivity index (χ0v) is 9.37. The van der Waals surface area contributed by atoms with Gasteiger partial charge in [-0.3, -0.25) is 0 Å². The molecule has 1 aliphatic rings. The highest BCUT2D eigenvalue weighted by Crippen LogP contribution is 2.32. The van der Waals surface area contributed by atoms with E-state index in [2.05, 4.69) is 0 Å². The highest BCUT2D eigenvalue weighted by atomic mass is 19.4. The van der Waals surface area contributed by atoms with Crippen molar-refractivity contribution in [2.45, 2.75) is 38.0 Å². The maximum absolute atomic E-state index is 12.5. The van der Waals surface area contributed by atoms with Crippen molar-refractivity contribution < 1.29 is 18.3 Å². The first-order chi connectivity index (χ1) is 7.97. The van der Waals surface area contributed by atoms with Crippen LogP contribution in [0.3, 0.4) is 0 Å². The van der Waals surface area contributed by atoms with Gasteiger partial charge < -0.3 is 5.11 Å². The molecule has 1 N–H and O–H groups in total. The van der Waals surface area contributed by atoms with Crippen molar-refractivity contribution in [3.05, 3.63) is 35.4 Å². The van der Waals surface area contributed by atoms with Gasteiger partial charge in [-0.15, -0.1) is 0 Å². The third kappa shape index (κ3) is 3.00. The van der Waals surface area contributed by atoms with Crippen molar-refractivity contribution in [2.24, 2.45) is 5.92 Å². The highest BCUT2D eigenvalue weighted by Gasteiger charge is 2.31. The Bertz CT molecular complexity index is 382. The molecule has 0 spiro atoms. The summed E-state index contributed by atoms with van der Waals surface area (Å²) >= 11 is 0. The molecule has 1 unspecified atom stereocenters. The van der Waals surface area contributed by atoms with E-state index >= 15 is 0 Å². The first kappa shape index (κ1) is 12.4. The number of aliphatic hydroxyl groups is 1. The van der Waals surface area contributed by atoms with Crippen LogP contribution in [0.2, 0.25) is 0 Å². The minimum Gasteiger partial charge on any atom is -0.392 e. The summed E-state index contributed by atoms with van der Waals surface area (Å²) in [5.41, 5.74) is -0.0879. The molecule has 1 fully saturated rings. The van der Waals surface area contributed by atoms with Crippen LogP contribution in [0, 0.1) is 5.92 Å². The van der Waals surface area contributed by atoms with Crippen LogP contribution in [0.4, 0.5) is 13.2 Å². The molecule has 1 nitrogen and oxygen atoms in total. The highest BCUT2D eigenvalue weighted by molar-refractivity contribution is 5.26. The van der Waals surface area contributed by atoms with Gasteiger partial charge in [0.1, 0.15) is 0 Å². The summed E-state index contributed by atoms with van der Waals surface area (Å²) in [5, 5.41) is 9.83. The smallest absolute Gasteiger partial charge is 0.392 e. The predicted molar refractivity (Wildman–Crippen MR) is 58.5 cm³/mol. The molecule has 0 amide bonds. The molecule has 1 aliphatic carbocycles. The van der Waals surface area contributed by atoms with Crippen molar-refractivity contribution in [2.75, 3.05) is 0 Å². The Labute approximate surface area is 98.3 Å². The van der Waals surface area contributed by atoms with Crippen LogP contribution < -0.4 is 0 Å². The molecule has 4 heteroatoms. The molecule has 2 rings (SSSR count). The minimum atomic E-state index is -4.31. The van der Waals surface area contributed by atoms with Gasteiger partial charge in [-0.05, 0) is 36.8 Å². The quantitative estimate of drug-likeness (QED) is 0.863. The van der Waals surface area contributed by atoms with E-state index in [4.69, 9.17) is 0 Å². The van der Waals surface area contributed by atoms with Crippen LogP contribution in [0.5, 0.6) is 0 Å². The lowest BCUT2D eigenvalue weighted by atomic mass is 9.79. The van der Waals surface area contributed by atoms with Gasteiger partial charge in [0.25, 0.3) is 0 Å². The van der Waals surface area contributed by atoms with Gasteiger partial charge in [-0.1, -0.05) is 24.6 Å². The van der Waals surface area contributed by atoms with Crippen LogP contribution >= 0.6 is 0 Å². The Morgan fingerprint density at radius 1 is 1.29 bits per heavy atom. The molecule has 1 aromatic rings. The average Bonchev–Trinajstić information content (AvgIpc) is 2.13. The van der Waals surface area contributed by atoms with Gasteiger partial charge in [-0.25, -0.2) is 0 Å². The third-order valence-electron chi connectivity index (χ3n) is 3.39. The number of alkyl halides is 3. The Balaban J connectivity index is 2.05. The lowest BCUT2D eigenvalue weighted by Gasteiger charge is -2.30. The summed E-state index contributed by atoms with van der Waals surface area (Å²) in [6.45, 7) is 0. The molecule has 17 heavy (non-hydrogen) atoms. The van der Waals surface area contributed by atoms with Crippen molar-refractivity contribution in [1.82, 2.24) is 0 Å². The molecule has 1 aromatic carbocycles. The maximum Gasteiger partial charge on any atom is 0.416 e. The van der Waals surface area contributed by atoms with Gasteiger partial charge in [-0.2, -0.15) is 13.2 Å². The number of rotatable bonds is 3. The van der Waals surface area contributed by atoms with E-state index in [-0.39, 0.29) is 5.92 Å². The van der Waals surface area contributed by atoms with E-state index in [1.54, 1.807) is 6.07 Å². The van der Waals surface area contributed by atoms with E-state index in [1.165, 1.54) is 6.07 Å². The summed E-state index contributed by atoms with van der Waals surface area (Å²) in [6.07, 6.45) is -1.41. The van der Waals surface area contributed by atoms with Crippen LogP contribution in [-0.4, -0.2) is 11.2 Å². The number of aliphatic hydroxyl groups excluding tert-OH is 1. The van der Waals surface area contributed by atoms with E-state index in [9.17, 15) is 18.3 Å². The number of halogens is 3. The lowest BCUT2D eigenvalue weighted by Crippen LogP contribution is -2.28. The van der Waals surface area contributed by atoms with E-state index in [0.717, 1.165) is 31.4 Å². The van der Waals surface area contributed by atoms with Crippen molar-refractivity contribution >= 4 is 0 Å². The van der Waals surface area contributed by atoms with Gasteiger partial charge in [0.15, 0.2) is 0 Å². The van der Waals surface area contributed by atoms with Crippen LogP contribution in [0.1, 0.15) is 30.4 Å². The second kappa shape index (κ2) is 4.69. The second-order valence-corrected chi connectivity index (χ2v) is 4.66. The number of benzene rings is 1. The zero-order valence-electron chi connectivity index (χ0n) is 9.37. The first-order valence-corrected chi connectivity index (χ1v) is 5.81. The molecule has 0 heterocycles. The van der Waals surface area contributed by atoms with Crippen LogP contribution in [0.25, 0.3) is 0 Å². The first-order valence-electron chi connectivity index (χ1n) is 5.81. The Kier molecular flexibility index (Phi) is 3.43. The fourth-order valence-corrected chi connectivity index (χ4v) is 2.11. The van der Waals surface area contributed by atoms with Crippen molar-refractivity contribution in [1.29, 1.82) is 0 Å². The summed E-state index contributed by atoms with van der Waals surface area (Å²) in [5.74, 6) is 0.268. The van der Waals surface area contributed by atoms with E-state index < -0.39 is 17.8 Å². The molecule has 94 valence electrons. The Morgan fingerprint density at radius 3 is 2.53 bits per heavy atom. The standard InChI is InChI=1S/C13H15F3O/c14-13(15,16)11-6-1-3-9(7-11)8-12(17)10-4-2-5-10/h1,3,6-7,10,12,17H,2,4-5,8H2. The minimum absolute atomic E-state index is 0.268. The third-order valence-corrected chi connectivity index (χ3v) is 3.39. The van der Waals surface area contributed by atoms with E-state index in [1.807, 2.05) is 0 Å². The van der Waals surface area contributed by atoms with Crippen LogP contribution in [0.15, 0.2) is 24.3 Å². The molecule has 1 saturated carbocycles. The predicted octanol–water partition coefficient (Wildman–Crippen LogP) is 3.41. The Morgan fingerprint density at radius 2 is 2.00 bits per heavy atom. The summed E-state index contributed by atoms with van der Waals surface area (Å²) < 4.78 is 37.4. The summed E-state index contributed by atoms with van der Waals surface area (Å²) in [6, 6.07) is 5.21. The molecule has 0 saturated heterocycles. The van der Waals surface area contributed by atoms with Crippen molar-refractivity contribution in [3.8, 4) is 0 Å². The van der Waals surface area contributed by atoms with Crippen molar-refractivity contribution in [3.63, 3.8) is 0 Å². The molecular formula is C13H15F3O. The second-order valence-electron chi connectivity index (χ2n) is 4.66. The lowest BCUT2D eigenvalue weighted by molar-refractivity contribution is -0.137. The van der Waals surface area contributed by atoms with Gasteiger partial charge >= 0.3 is 6.18 Å². The largest absolute Gasteiger partial charge is 0.416 e. The average molecular weight is 244 g/mol. The van der Waals surface area contributed by atoms with E-state index in [0.29, 0.717) is 12.0 Å². The van der Waals surface area contributed by atoms with Gasteiger partial charge in [0.2, 0.25) is 0 Å². The molecular weight excluding hydrogens is 229 g/mol. The van der Waals surface area contributed by atoms with Gasteiger partial charge in [0.05, 0.1) is 11.7 Å². The molecule has 0 bridgehead atoms. The zero-order chi connectivity index (χ0) is 12.5. The fourth-order valence-electron chi connectivity index (χ4n) is 2.11.